The summed E-state index contributed by atoms with van der Waals surface area (Å²) < 4.78 is 4.96. The second kappa shape index (κ2) is 6.89. The summed E-state index contributed by atoms with van der Waals surface area (Å²) in [6.07, 6.45) is 0. The number of anilines is 1. The summed E-state index contributed by atoms with van der Waals surface area (Å²) in [4.78, 5) is 28.6. The van der Waals surface area contributed by atoms with Crippen LogP contribution < -0.4 is 5.32 Å². The summed E-state index contributed by atoms with van der Waals surface area (Å²) in [6, 6.07) is 6.43. The third-order valence-electron chi connectivity index (χ3n) is 2.93. The molecule has 0 spiro atoms. The van der Waals surface area contributed by atoms with Crippen LogP contribution in [0.25, 0.3) is 0 Å². The van der Waals surface area contributed by atoms with Gasteiger partial charge in [0.1, 0.15) is 5.69 Å². The Morgan fingerprint density at radius 1 is 1.27 bits per heavy atom. The van der Waals surface area contributed by atoms with E-state index < -0.39 is 5.97 Å². The number of aromatic nitrogens is 1. The predicted octanol–water partition coefficient (Wildman–Crippen LogP) is 3.96. The topological polar surface area (TPSA) is 68.3 Å². The van der Waals surface area contributed by atoms with E-state index in [2.05, 4.69) is 15.0 Å². The fourth-order valence-corrected chi connectivity index (χ4v) is 2.98. The summed E-state index contributed by atoms with van der Waals surface area (Å²) in [7, 11) is 1.32. The molecule has 0 saturated carbocycles. The summed E-state index contributed by atoms with van der Waals surface area (Å²) in [5.41, 5.74) is 1.32. The maximum absolute atomic E-state index is 12.3. The molecule has 1 N–H and O–H groups in total. The number of amides is 1. The van der Waals surface area contributed by atoms with Gasteiger partial charge in [0.05, 0.1) is 12.7 Å². The molecule has 0 aliphatic rings. The van der Waals surface area contributed by atoms with E-state index in [1.807, 2.05) is 13.8 Å². The van der Waals surface area contributed by atoms with E-state index in [-0.39, 0.29) is 11.8 Å². The second-order valence-corrected chi connectivity index (χ2v) is 6.47. The molecule has 0 aliphatic carbocycles. The molecule has 1 aromatic heterocycles. The van der Waals surface area contributed by atoms with Gasteiger partial charge in [0.2, 0.25) is 0 Å². The van der Waals surface area contributed by atoms with E-state index in [0.29, 0.717) is 21.4 Å². The maximum atomic E-state index is 12.3. The molecule has 0 bridgehead atoms. The minimum atomic E-state index is -0.425. The van der Waals surface area contributed by atoms with Gasteiger partial charge in [0.25, 0.3) is 5.91 Å². The first-order valence-electron chi connectivity index (χ1n) is 6.58. The quantitative estimate of drug-likeness (QED) is 0.857. The van der Waals surface area contributed by atoms with E-state index in [4.69, 9.17) is 11.6 Å². The Kier molecular flexibility index (Phi) is 5.15. The van der Waals surface area contributed by atoms with Crippen LogP contribution in [0.5, 0.6) is 0 Å². The van der Waals surface area contributed by atoms with Crippen molar-refractivity contribution in [1.82, 2.24) is 4.98 Å². The van der Waals surface area contributed by atoms with Gasteiger partial charge in [-0.05, 0) is 30.2 Å². The van der Waals surface area contributed by atoms with Crippen molar-refractivity contribution in [2.45, 2.75) is 19.8 Å². The van der Waals surface area contributed by atoms with Gasteiger partial charge in [-0.1, -0.05) is 25.4 Å². The molecule has 116 valence electrons. The smallest absolute Gasteiger partial charge is 0.337 e. The number of nitrogens with zero attached hydrogens (tertiary/aromatic N) is 1. The minimum absolute atomic E-state index is 0.160. The van der Waals surface area contributed by atoms with Crippen LogP contribution in [0.1, 0.15) is 45.5 Å². The highest BCUT2D eigenvalue weighted by Gasteiger charge is 2.20. The first-order valence-corrected chi connectivity index (χ1v) is 7.77. The molecule has 2 rings (SSSR count). The van der Waals surface area contributed by atoms with Crippen molar-refractivity contribution in [1.29, 1.82) is 0 Å². The lowest BCUT2D eigenvalue weighted by Crippen LogP contribution is -2.14. The Labute approximate surface area is 137 Å². The maximum Gasteiger partial charge on any atom is 0.337 e. The summed E-state index contributed by atoms with van der Waals surface area (Å²) in [5, 5.41) is 2.75. The van der Waals surface area contributed by atoms with Crippen LogP contribution in [0.4, 0.5) is 5.69 Å². The molecule has 5 nitrogen and oxygen atoms in total. The highest BCUT2D eigenvalue weighted by molar-refractivity contribution is 7.16. The van der Waals surface area contributed by atoms with Gasteiger partial charge in [-0.2, -0.15) is 0 Å². The van der Waals surface area contributed by atoms with Crippen molar-refractivity contribution >= 4 is 40.5 Å². The van der Waals surface area contributed by atoms with Gasteiger partial charge in [-0.3, -0.25) is 4.79 Å². The standard InChI is InChI=1S/C15H15ClN2O3S/c1-8(2)12-11(18-15(16)22-12)13(19)17-10-6-4-9(5-7-10)14(20)21-3/h4-8H,1-3H3,(H,17,19). The Bertz CT molecular complexity index is 695. The van der Waals surface area contributed by atoms with Gasteiger partial charge < -0.3 is 10.1 Å². The predicted molar refractivity (Wildman–Crippen MR) is 86.9 cm³/mol. The van der Waals surface area contributed by atoms with E-state index in [9.17, 15) is 9.59 Å². The van der Waals surface area contributed by atoms with Gasteiger partial charge in [0, 0.05) is 10.6 Å². The molecule has 1 aromatic carbocycles. The number of carbonyl (C=O) groups is 2. The number of nitrogens with one attached hydrogen (secondary N) is 1. The van der Waals surface area contributed by atoms with Crippen molar-refractivity contribution < 1.29 is 14.3 Å². The molecule has 2 aromatic rings. The van der Waals surface area contributed by atoms with E-state index >= 15 is 0 Å². The van der Waals surface area contributed by atoms with E-state index in [1.165, 1.54) is 18.4 Å². The molecule has 0 radical (unpaired) electrons. The SMILES string of the molecule is COC(=O)c1ccc(NC(=O)c2nc(Cl)sc2C(C)C)cc1. The number of hydrogen-bond acceptors (Lipinski definition) is 5. The molecule has 0 unspecified atom stereocenters. The minimum Gasteiger partial charge on any atom is -0.465 e. The molecule has 1 heterocycles. The lowest BCUT2D eigenvalue weighted by Gasteiger charge is -2.07. The lowest BCUT2D eigenvalue weighted by atomic mass is 10.1. The van der Waals surface area contributed by atoms with E-state index in [0.717, 1.165) is 4.88 Å². The fraction of sp³-hybridized carbons (Fsp3) is 0.267. The molecular formula is C15H15ClN2O3S. The summed E-state index contributed by atoms with van der Waals surface area (Å²) >= 11 is 7.21. The van der Waals surface area contributed by atoms with Crippen LogP contribution in [0.3, 0.4) is 0 Å². The highest BCUT2D eigenvalue weighted by atomic mass is 35.5. The molecule has 0 saturated heterocycles. The average molecular weight is 339 g/mol. The normalized spacial score (nSPS) is 10.6. The monoisotopic (exact) mass is 338 g/mol. The first-order chi connectivity index (χ1) is 10.4. The Hall–Kier alpha value is -1.92. The fourth-order valence-electron chi connectivity index (χ4n) is 1.86. The highest BCUT2D eigenvalue weighted by Crippen LogP contribution is 2.30. The molecule has 0 fully saturated rings. The molecule has 0 aliphatic heterocycles. The number of halogens is 1. The number of hydrogen-bond donors (Lipinski definition) is 1. The number of carbonyl (C=O) groups excluding carboxylic acids is 2. The molecule has 1 amide bonds. The first kappa shape index (κ1) is 16.5. The number of ether oxygens (including phenoxy) is 1. The third-order valence-corrected chi connectivity index (χ3v) is 4.39. The zero-order chi connectivity index (χ0) is 16.3. The van der Waals surface area contributed by atoms with Gasteiger partial charge in [-0.15, -0.1) is 11.3 Å². The lowest BCUT2D eigenvalue weighted by molar-refractivity contribution is 0.0600. The zero-order valence-corrected chi connectivity index (χ0v) is 13.9. The Balaban J connectivity index is 2.17. The van der Waals surface area contributed by atoms with Crippen LogP contribution in [-0.2, 0) is 4.74 Å². The molecular weight excluding hydrogens is 324 g/mol. The van der Waals surface area contributed by atoms with Crippen LogP contribution in [0.2, 0.25) is 4.47 Å². The number of methoxy groups -OCH3 is 1. The third kappa shape index (κ3) is 3.64. The van der Waals surface area contributed by atoms with Crippen molar-refractivity contribution in [2.75, 3.05) is 12.4 Å². The number of benzene rings is 1. The van der Waals surface area contributed by atoms with Gasteiger partial charge in [-0.25, -0.2) is 9.78 Å². The van der Waals surface area contributed by atoms with Crippen molar-refractivity contribution in [3.05, 3.63) is 44.9 Å². The van der Waals surface area contributed by atoms with Gasteiger partial charge in [0.15, 0.2) is 4.47 Å². The number of thiazole rings is 1. The van der Waals surface area contributed by atoms with Crippen LogP contribution in [0, 0.1) is 0 Å². The van der Waals surface area contributed by atoms with Crippen LogP contribution in [0.15, 0.2) is 24.3 Å². The summed E-state index contributed by atoms with van der Waals surface area (Å²) in [6.45, 7) is 3.96. The second-order valence-electron chi connectivity index (χ2n) is 4.86. The number of esters is 1. The zero-order valence-electron chi connectivity index (χ0n) is 12.3. The average Bonchev–Trinajstić information content (AvgIpc) is 2.89. The van der Waals surface area contributed by atoms with Crippen LogP contribution in [-0.4, -0.2) is 24.0 Å². The Morgan fingerprint density at radius 3 is 2.45 bits per heavy atom. The van der Waals surface area contributed by atoms with Crippen molar-refractivity contribution in [2.24, 2.45) is 0 Å². The van der Waals surface area contributed by atoms with E-state index in [1.54, 1.807) is 24.3 Å². The van der Waals surface area contributed by atoms with Crippen molar-refractivity contribution in [3.8, 4) is 0 Å². The molecule has 7 heteroatoms. The molecule has 22 heavy (non-hydrogen) atoms. The number of rotatable bonds is 4. The van der Waals surface area contributed by atoms with Crippen molar-refractivity contribution in [3.63, 3.8) is 0 Å². The molecule has 0 atom stereocenters. The Morgan fingerprint density at radius 2 is 1.91 bits per heavy atom. The van der Waals surface area contributed by atoms with Crippen LogP contribution >= 0.6 is 22.9 Å². The summed E-state index contributed by atoms with van der Waals surface area (Å²) in [5.74, 6) is -0.587. The largest absolute Gasteiger partial charge is 0.465 e. The van der Waals surface area contributed by atoms with Gasteiger partial charge >= 0.3 is 5.97 Å².